The molecular weight excluding hydrogens is 260 g/mol. The molecular formula is C14H25ClN4. The van der Waals surface area contributed by atoms with Gasteiger partial charge in [-0.1, -0.05) is 39.3 Å². The van der Waals surface area contributed by atoms with Crippen LogP contribution in [0, 0.1) is 11.8 Å². The molecule has 1 aromatic rings. The average Bonchev–Trinajstić information content (AvgIpc) is 2.30. The van der Waals surface area contributed by atoms with Crippen LogP contribution < -0.4 is 11.3 Å². The first-order valence-corrected chi connectivity index (χ1v) is 7.14. The molecule has 1 aromatic heterocycles. The van der Waals surface area contributed by atoms with Crippen LogP contribution in [0.2, 0.25) is 5.02 Å². The van der Waals surface area contributed by atoms with E-state index in [2.05, 4.69) is 43.0 Å². The van der Waals surface area contributed by atoms with Crippen molar-refractivity contribution < 1.29 is 0 Å². The first kappa shape index (κ1) is 16.2. The zero-order valence-corrected chi connectivity index (χ0v) is 13.0. The van der Waals surface area contributed by atoms with Crippen molar-refractivity contribution in [2.24, 2.45) is 17.7 Å². The maximum absolute atomic E-state index is 6.21. The first-order chi connectivity index (χ1) is 8.92. The molecule has 0 fully saturated rings. The maximum atomic E-state index is 6.21. The number of hydrogen-bond acceptors (Lipinski definition) is 4. The number of nitrogens with two attached hydrogens (primary N) is 1. The van der Waals surface area contributed by atoms with E-state index in [0.29, 0.717) is 22.7 Å². The molecule has 0 saturated carbocycles. The minimum absolute atomic E-state index is 0.619. The van der Waals surface area contributed by atoms with Gasteiger partial charge in [-0.2, -0.15) is 0 Å². The summed E-state index contributed by atoms with van der Waals surface area (Å²) in [5, 5.41) is 0.691. The summed E-state index contributed by atoms with van der Waals surface area (Å²) in [5.74, 6) is 7.28. The Morgan fingerprint density at radius 1 is 1.21 bits per heavy atom. The van der Waals surface area contributed by atoms with Gasteiger partial charge in [0.15, 0.2) is 0 Å². The number of aromatic nitrogens is 1. The predicted molar refractivity (Wildman–Crippen MR) is 82.0 cm³/mol. The molecule has 108 valence electrons. The third kappa shape index (κ3) is 5.76. The van der Waals surface area contributed by atoms with Gasteiger partial charge < -0.3 is 5.43 Å². The standard InChI is InChI=1S/C14H25ClN4/c1-10(2)7-19(8-11(3)4)9-13-12(15)5-6-14(17-13)18-16/h5-6,10-11H,7-9,16H2,1-4H3,(H,17,18). The van der Waals surface area contributed by atoms with Crippen LogP contribution in [0.4, 0.5) is 5.82 Å². The lowest BCUT2D eigenvalue weighted by Gasteiger charge is -2.26. The highest BCUT2D eigenvalue weighted by Crippen LogP contribution is 2.19. The van der Waals surface area contributed by atoms with Crippen LogP contribution in [0.5, 0.6) is 0 Å². The summed E-state index contributed by atoms with van der Waals surface area (Å²) in [4.78, 5) is 6.83. The molecule has 1 heterocycles. The van der Waals surface area contributed by atoms with Crippen molar-refractivity contribution in [2.75, 3.05) is 18.5 Å². The highest BCUT2D eigenvalue weighted by molar-refractivity contribution is 6.31. The molecule has 0 aliphatic rings. The average molecular weight is 285 g/mol. The molecule has 1 rings (SSSR count). The lowest BCUT2D eigenvalue weighted by molar-refractivity contribution is 0.209. The van der Waals surface area contributed by atoms with Gasteiger partial charge in [0.1, 0.15) is 5.82 Å². The summed E-state index contributed by atoms with van der Waals surface area (Å²) < 4.78 is 0. The van der Waals surface area contributed by atoms with Gasteiger partial charge in [-0.3, -0.25) is 4.90 Å². The van der Waals surface area contributed by atoms with Gasteiger partial charge in [0.2, 0.25) is 0 Å². The predicted octanol–water partition coefficient (Wildman–Crippen LogP) is 3.13. The van der Waals surface area contributed by atoms with Crippen LogP contribution in [0.3, 0.4) is 0 Å². The van der Waals surface area contributed by atoms with Gasteiger partial charge in [-0.05, 0) is 24.0 Å². The van der Waals surface area contributed by atoms with Crippen molar-refractivity contribution in [2.45, 2.75) is 34.2 Å². The van der Waals surface area contributed by atoms with Crippen molar-refractivity contribution in [1.29, 1.82) is 0 Å². The summed E-state index contributed by atoms with van der Waals surface area (Å²) in [6.45, 7) is 11.7. The van der Waals surface area contributed by atoms with Gasteiger partial charge >= 0.3 is 0 Å². The van der Waals surface area contributed by atoms with Gasteiger partial charge in [0.05, 0.1) is 10.7 Å². The second-order valence-electron chi connectivity index (χ2n) is 5.75. The zero-order valence-electron chi connectivity index (χ0n) is 12.3. The third-order valence-electron chi connectivity index (χ3n) is 2.69. The summed E-state index contributed by atoms with van der Waals surface area (Å²) >= 11 is 6.21. The smallest absolute Gasteiger partial charge is 0.140 e. The van der Waals surface area contributed by atoms with Crippen LogP contribution in [-0.4, -0.2) is 23.0 Å². The highest BCUT2D eigenvalue weighted by atomic mass is 35.5. The van der Waals surface area contributed by atoms with E-state index >= 15 is 0 Å². The van der Waals surface area contributed by atoms with Crippen LogP contribution in [0.15, 0.2) is 12.1 Å². The van der Waals surface area contributed by atoms with Crippen LogP contribution in [-0.2, 0) is 6.54 Å². The Bertz CT molecular complexity index is 383. The Labute approximate surface area is 121 Å². The first-order valence-electron chi connectivity index (χ1n) is 6.76. The fourth-order valence-corrected chi connectivity index (χ4v) is 2.29. The quantitative estimate of drug-likeness (QED) is 0.597. The fourth-order valence-electron chi connectivity index (χ4n) is 2.12. The van der Waals surface area contributed by atoms with E-state index in [9.17, 15) is 0 Å². The topological polar surface area (TPSA) is 54.2 Å². The molecule has 19 heavy (non-hydrogen) atoms. The second-order valence-corrected chi connectivity index (χ2v) is 6.16. The normalized spacial score (nSPS) is 11.6. The van der Waals surface area contributed by atoms with E-state index in [1.165, 1.54) is 0 Å². The lowest BCUT2D eigenvalue weighted by Crippen LogP contribution is -2.31. The van der Waals surface area contributed by atoms with E-state index in [4.69, 9.17) is 17.4 Å². The Balaban J connectivity index is 2.82. The van der Waals surface area contributed by atoms with Gasteiger partial charge in [0.25, 0.3) is 0 Å². The number of anilines is 1. The minimum atomic E-state index is 0.619. The summed E-state index contributed by atoms with van der Waals surface area (Å²) in [7, 11) is 0. The fraction of sp³-hybridized carbons (Fsp3) is 0.643. The van der Waals surface area contributed by atoms with Crippen molar-refractivity contribution in [3.05, 3.63) is 22.8 Å². The summed E-state index contributed by atoms with van der Waals surface area (Å²) in [5.41, 5.74) is 3.43. The van der Waals surface area contributed by atoms with Crippen LogP contribution in [0.25, 0.3) is 0 Å². The number of hydrogen-bond donors (Lipinski definition) is 2. The Morgan fingerprint density at radius 3 is 2.26 bits per heavy atom. The van der Waals surface area contributed by atoms with E-state index in [-0.39, 0.29) is 0 Å². The molecule has 0 bridgehead atoms. The number of nitrogens with one attached hydrogen (secondary N) is 1. The number of nitrogens with zero attached hydrogens (tertiary/aromatic N) is 2. The molecule has 0 atom stereocenters. The second kappa shape index (κ2) is 7.68. The lowest BCUT2D eigenvalue weighted by atomic mass is 10.1. The van der Waals surface area contributed by atoms with Crippen LogP contribution in [0.1, 0.15) is 33.4 Å². The molecule has 0 saturated heterocycles. The van der Waals surface area contributed by atoms with E-state index < -0.39 is 0 Å². The van der Waals surface area contributed by atoms with Crippen molar-refractivity contribution in [3.8, 4) is 0 Å². The molecule has 0 spiro atoms. The minimum Gasteiger partial charge on any atom is -0.308 e. The van der Waals surface area contributed by atoms with E-state index in [1.54, 1.807) is 6.07 Å². The molecule has 0 aromatic carbocycles. The van der Waals surface area contributed by atoms with Crippen molar-refractivity contribution in [3.63, 3.8) is 0 Å². The molecule has 4 nitrogen and oxygen atoms in total. The summed E-state index contributed by atoms with van der Waals surface area (Å²) in [6.07, 6.45) is 0. The molecule has 0 radical (unpaired) electrons. The van der Waals surface area contributed by atoms with Crippen molar-refractivity contribution in [1.82, 2.24) is 9.88 Å². The molecule has 0 unspecified atom stereocenters. The van der Waals surface area contributed by atoms with Gasteiger partial charge in [0, 0.05) is 19.6 Å². The molecule has 0 amide bonds. The third-order valence-corrected chi connectivity index (χ3v) is 3.03. The van der Waals surface area contributed by atoms with Gasteiger partial charge in [-0.25, -0.2) is 10.8 Å². The zero-order chi connectivity index (χ0) is 14.4. The molecule has 0 aliphatic carbocycles. The van der Waals surface area contributed by atoms with E-state index in [0.717, 1.165) is 25.3 Å². The number of hydrazine groups is 1. The van der Waals surface area contributed by atoms with Crippen LogP contribution >= 0.6 is 11.6 Å². The summed E-state index contributed by atoms with van der Waals surface area (Å²) in [6, 6.07) is 3.61. The maximum Gasteiger partial charge on any atom is 0.140 e. The Morgan fingerprint density at radius 2 is 1.79 bits per heavy atom. The SMILES string of the molecule is CC(C)CN(Cc1nc(NN)ccc1Cl)CC(C)C. The van der Waals surface area contributed by atoms with Crippen molar-refractivity contribution >= 4 is 17.4 Å². The Kier molecular flexibility index (Phi) is 6.55. The monoisotopic (exact) mass is 284 g/mol. The van der Waals surface area contributed by atoms with E-state index in [1.807, 2.05) is 6.07 Å². The highest BCUT2D eigenvalue weighted by Gasteiger charge is 2.13. The largest absolute Gasteiger partial charge is 0.308 e. The number of rotatable bonds is 7. The molecule has 5 heteroatoms. The Hall–Kier alpha value is -0.840. The molecule has 0 aliphatic heterocycles. The van der Waals surface area contributed by atoms with Gasteiger partial charge in [-0.15, -0.1) is 0 Å². The number of pyridine rings is 1. The molecule has 3 N–H and O–H groups in total. The number of halogens is 1. The number of nitrogen functional groups attached to an aromatic ring is 1.